The average molecular weight is 398 g/mol. The van der Waals surface area contributed by atoms with Crippen molar-refractivity contribution in [2.75, 3.05) is 26.3 Å². The van der Waals surface area contributed by atoms with Crippen molar-refractivity contribution < 1.29 is 23.7 Å². The summed E-state index contributed by atoms with van der Waals surface area (Å²) >= 11 is 1.40. The molecule has 2 aromatic carbocycles. The fraction of sp³-hybridized carbons (Fsp3) is 0.200. The number of hydrogen-bond donors (Lipinski definition) is 1. The van der Waals surface area contributed by atoms with E-state index in [1.54, 1.807) is 18.2 Å². The molecule has 1 N–H and O–H groups in total. The van der Waals surface area contributed by atoms with Gasteiger partial charge in [-0.25, -0.2) is 4.98 Å². The first-order chi connectivity index (χ1) is 13.6. The van der Waals surface area contributed by atoms with E-state index in [4.69, 9.17) is 18.9 Å². The van der Waals surface area contributed by atoms with Crippen molar-refractivity contribution in [2.45, 2.75) is 6.92 Å². The van der Waals surface area contributed by atoms with Crippen LogP contribution >= 0.6 is 11.3 Å². The van der Waals surface area contributed by atoms with Crippen LogP contribution in [0.5, 0.6) is 23.0 Å². The van der Waals surface area contributed by atoms with Gasteiger partial charge in [0.05, 0.1) is 19.9 Å². The van der Waals surface area contributed by atoms with Crippen LogP contribution in [0.3, 0.4) is 0 Å². The molecule has 0 radical (unpaired) electrons. The molecule has 0 spiro atoms. The maximum atomic E-state index is 12.8. The number of anilines is 1. The maximum Gasteiger partial charge on any atom is 0.265 e. The summed E-state index contributed by atoms with van der Waals surface area (Å²) in [6.45, 7) is 2.17. The fourth-order valence-corrected chi connectivity index (χ4v) is 3.83. The molecule has 0 fully saturated rings. The molecular formula is C20H18N2O5S. The van der Waals surface area contributed by atoms with Crippen LogP contribution in [-0.4, -0.2) is 31.9 Å². The standard InChI is InChI=1S/C20H18N2O5S/c1-11-18(12-7-8-13-16(9-12)27-10-26-13)21-20(28-11)22-19(23)17-14(24-2)5-4-6-15(17)25-3/h4-9H,10H2,1-3H3,(H,21,22,23). The SMILES string of the molecule is COc1cccc(OC)c1C(=O)Nc1nc(-c2ccc3c(c2)OCO3)c(C)s1. The van der Waals surface area contributed by atoms with Crippen molar-refractivity contribution in [1.29, 1.82) is 0 Å². The summed E-state index contributed by atoms with van der Waals surface area (Å²) in [5.74, 6) is 1.92. The number of benzene rings is 2. The van der Waals surface area contributed by atoms with E-state index in [-0.39, 0.29) is 12.7 Å². The minimum atomic E-state index is -0.347. The quantitative estimate of drug-likeness (QED) is 0.697. The number of nitrogens with zero attached hydrogens (tertiary/aromatic N) is 1. The van der Waals surface area contributed by atoms with E-state index in [9.17, 15) is 4.79 Å². The number of rotatable bonds is 5. The Morgan fingerprint density at radius 3 is 2.54 bits per heavy atom. The maximum absolute atomic E-state index is 12.8. The highest BCUT2D eigenvalue weighted by Crippen LogP contribution is 2.38. The number of amides is 1. The van der Waals surface area contributed by atoms with Gasteiger partial charge in [-0.3, -0.25) is 10.1 Å². The molecule has 1 aromatic heterocycles. The molecule has 4 rings (SSSR count). The number of methoxy groups -OCH3 is 2. The van der Waals surface area contributed by atoms with E-state index in [2.05, 4.69) is 10.3 Å². The molecule has 2 heterocycles. The van der Waals surface area contributed by atoms with Crippen molar-refractivity contribution >= 4 is 22.4 Å². The molecule has 0 unspecified atom stereocenters. The lowest BCUT2D eigenvalue weighted by atomic mass is 10.1. The van der Waals surface area contributed by atoms with Gasteiger partial charge in [0.25, 0.3) is 5.91 Å². The second-order valence-electron chi connectivity index (χ2n) is 5.98. The Morgan fingerprint density at radius 2 is 1.82 bits per heavy atom. The first kappa shape index (κ1) is 18.1. The molecule has 3 aromatic rings. The highest BCUT2D eigenvalue weighted by molar-refractivity contribution is 7.16. The summed E-state index contributed by atoms with van der Waals surface area (Å²) in [5, 5.41) is 3.33. The smallest absolute Gasteiger partial charge is 0.265 e. The zero-order valence-corrected chi connectivity index (χ0v) is 16.4. The largest absolute Gasteiger partial charge is 0.496 e. The van der Waals surface area contributed by atoms with Crippen LogP contribution in [0.25, 0.3) is 11.3 Å². The van der Waals surface area contributed by atoms with Crippen LogP contribution in [0.15, 0.2) is 36.4 Å². The van der Waals surface area contributed by atoms with E-state index in [1.807, 2.05) is 25.1 Å². The fourth-order valence-electron chi connectivity index (χ4n) is 3.00. The predicted octanol–water partition coefficient (Wildman–Crippen LogP) is 4.12. The van der Waals surface area contributed by atoms with E-state index < -0.39 is 0 Å². The third-order valence-electron chi connectivity index (χ3n) is 4.32. The number of fused-ring (bicyclic) bond motifs is 1. The molecule has 0 saturated heterocycles. The number of thiazole rings is 1. The molecule has 0 bridgehead atoms. The summed E-state index contributed by atoms with van der Waals surface area (Å²) < 4.78 is 21.4. The van der Waals surface area contributed by atoms with Crippen LogP contribution in [0.4, 0.5) is 5.13 Å². The Labute approximate surface area is 165 Å². The van der Waals surface area contributed by atoms with Crippen LogP contribution < -0.4 is 24.3 Å². The minimum absolute atomic E-state index is 0.219. The third-order valence-corrected chi connectivity index (χ3v) is 5.20. The summed E-state index contributed by atoms with van der Waals surface area (Å²) in [5.41, 5.74) is 2.00. The lowest BCUT2D eigenvalue weighted by Crippen LogP contribution is -2.14. The molecule has 144 valence electrons. The van der Waals surface area contributed by atoms with Gasteiger partial charge in [0.2, 0.25) is 6.79 Å². The highest BCUT2D eigenvalue weighted by Gasteiger charge is 2.21. The second-order valence-corrected chi connectivity index (χ2v) is 7.19. The van der Waals surface area contributed by atoms with Crippen molar-refractivity contribution in [1.82, 2.24) is 4.98 Å². The first-order valence-corrected chi connectivity index (χ1v) is 9.32. The Hall–Kier alpha value is -3.26. The van der Waals surface area contributed by atoms with Crippen molar-refractivity contribution in [3.05, 3.63) is 46.8 Å². The van der Waals surface area contributed by atoms with E-state index >= 15 is 0 Å². The highest BCUT2D eigenvalue weighted by atomic mass is 32.1. The molecule has 1 amide bonds. The lowest BCUT2D eigenvalue weighted by molar-refractivity contribution is 0.102. The molecule has 1 aliphatic rings. The summed E-state index contributed by atoms with van der Waals surface area (Å²) in [6.07, 6.45) is 0. The van der Waals surface area contributed by atoms with Gasteiger partial charge in [-0.2, -0.15) is 0 Å². The van der Waals surface area contributed by atoms with Crippen molar-refractivity contribution in [3.8, 4) is 34.3 Å². The zero-order valence-electron chi connectivity index (χ0n) is 15.6. The van der Waals surface area contributed by atoms with Crippen molar-refractivity contribution in [2.24, 2.45) is 0 Å². The normalized spacial score (nSPS) is 12.0. The zero-order chi connectivity index (χ0) is 19.7. The Bertz CT molecular complexity index is 1020. The minimum Gasteiger partial charge on any atom is -0.496 e. The van der Waals surface area contributed by atoms with Crippen LogP contribution in [0.1, 0.15) is 15.2 Å². The van der Waals surface area contributed by atoms with E-state index in [0.717, 1.165) is 16.1 Å². The van der Waals surface area contributed by atoms with Gasteiger partial charge in [0, 0.05) is 10.4 Å². The lowest BCUT2D eigenvalue weighted by Gasteiger charge is -2.11. The molecule has 7 nitrogen and oxygen atoms in total. The Balaban J connectivity index is 1.62. The van der Waals surface area contributed by atoms with Gasteiger partial charge in [-0.05, 0) is 37.3 Å². The van der Waals surface area contributed by atoms with Gasteiger partial charge in [-0.1, -0.05) is 6.07 Å². The van der Waals surface area contributed by atoms with Gasteiger partial charge >= 0.3 is 0 Å². The molecule has 0 atom stereocenters. The van der Waals surface area contributed by atoms with Crippen LogP contribution in [0, 0.1) is 6.92 Å². The number of carbonyl (C=O) groups excluding carboxylic acids is 1. The predicted molar refractivity (Wildman–Crippen MR) is 106 cm³/mol. The second kappa shape index (κ2) is 7.40. The topological polar surface area (TPSA) is 78.9 Å². The third kappa shape index (κ3) is 3.22. The van der Waals surface area contributed by atoms with Gasteiger partial charge in [0.1, 0.15) is 17.1 Å². The molecule has 1 aliphatic heterocycles. The first-order valence-electron chi connectivity index (χ1n) is 8.50. The average Bonchev–Trinajstić information content (AvgIpc) is 3.32. The van der Waals surface area contributed by atoms with Gasteiger partial charge < -0.3 is 18.9 Å². The molecular weight excluding hydrogens is 380 g/mol. The molecule has 28 heavy (non-hydrogen) atoms. The van der Waals surface area contributed by atoms with Crippen molar-refractivity contribution in [3.63, 3.8) is 0 Å². The summed E-state index contributed by atoms with van der Waals surface area (Å²) in [4.78, 5) is 18.4. The summed E-state index contributed by atoms with van der Waals surface area (Å²) in [7, 11) is 3.02. The number of ether oxygens (including phenoxy) is 4. The Kier molecular flexibility index (Phi) is 4.79. The summed E-state index contributed by atoms with van der Waals surface area (Å²) in [6, 6.07) is 10.9. The number of nitrogens with one attached hydrogen (secondary N) is 1. The van der Waals surface area contributed by atoms with Crippen LogP contribution in [0.2, 0.25) is 0 Å². The molecule has 8 heteroatoms. The number of hydrogen-bond acceptors (Lipinski definition) is 7. The Morgan fingerprint density at radius 1 is 1.11 bits per heavy atom. The number of aryl methyl sites for hydroxylation is 1. The monoisotopic (exact) mass is 398 g/mol. The molecule has 0 saturated carbocycles. The number of carbonyl (C=O) groups is 1. The van der Waals surface area contributed by atoms with E-state index in [1.165, 1.54) is 25.6 Å². The number of aromatic nitrogens is 1. The van der Waals surface area contributed by atoms with E-state index in [0.29, 0.717) is 33.7 Å². The van der Waals surface area contributed by atoms with Gasteiger partial charge in [0.15, 0.2) is 16.6 Å². The molecule has 0 aliphatic carbocycles. The van der Waals surface area contributed by atoms with Gasteiger partial charge in [-0.15, -0.1) is 11.3 Å². The van der Waals surface area contributed by atoms with Crippen LogP contribution in [-0.2, 0) is 0 Å².